The summed E-state index contributed by atoms with van der Waals surface area (Å²) in [5, 5.41) is 4.78. The third kappa shape index (κ3) is 3.49. The molecule has 0 atom stereocenters. The van der Waals surface area contributed by atoms with Gasteiger partial charge in [0, 0.05) is 37.4 Å². The van der Waals surface area contributed by atoms with Gasteiger partial charge in [-0.2, -0.15) is 5.10 Å². The fourth-order valence-electron chi connectivity index (χ4n) is 4.39. The third-order valence-corrected chi connectivity index (χ3v) is 6.03. The Kier molecular flexibility index (Phi) is 4.72. The molecule has 1 aliphatic carbocycles. The van der Waals surface area contributed by atoms with Gasteiger partial charge in [0.05, 0.1) is 18.5 Å². The molecule has 1 fully saturated rings. The van der Waals surface area contributed by atoms with Crippen LogP contribution in [0.2, 0.25) is 0 Å². The van der Waals surface area contributed by atoms with Crippen LogP contribution in [0.3, 0.4) is 0 Å². The minimum Gasteiger partial charge on any atom is -0.468 e. The molecule has 1 aliphatic heterocycles. The van der Waals surface area contributed by atoms with E-state index in [0.29, 0.717) is 5.69 Å². The molecule has 6 nitrogen and oxygen atoms in total. The largest absolute Gasteiger partial charge is 0.468 e. The van der Waals surface area contributed by atoms with Crippen LogP contribution in [0, 0.1) is 6.92 Å². The Labute approximate surface area is 170 Å². The van der Waals surface area contributed by atoms with Gasteiger partial charge >= 0.3 is 0 Å². The van der Waals surface area contributed by atoms with Crippen LogP contribution >= 0.6 is 0 Å². The van der Waals surface area contributed by atoms with Gasteiger partial charge in [0.1, 0.15) is 5.76 Å². The van der Waals surface area contributed by atoms with E-state index in [0.717, 1.165) is 69.0 Å². The molecule has 2 aliphatic rings. The number of hydrogen-bond acceptors (Lipinski definition) is 4. The molecule has 1 aromatic carbocycles. The van der Waals surface area contributed by atoms with E-state index >= 15 is 0 Å². The lowest BCUT2D eigenvalue weighted by Crippen LogP contribution is -2.48. The summed E-state index contributed by atoms with van der Waals surface area (Å²) in [7, 11) is 0. The lowest BCUT2D eigenvalue weighted by atomic mass is 10.1. The Balaban J connectivity index is 1.33. The average molecular weight is 390 g/mol. The van der Waals surface area contributed by atoms with Gasteiger partial charge in [0.2, 0.25) is 0 Å². The Morgan fingerprint density at radius 2 is 1.86 bits per heavy atom. The molecule has 1 saturated heterocycles. The number of nitrogens with zero attached hydrogens (tertiary/aromatic N) is 4. The van der Waals surface area contributed by atoms with Crippen molar-refractivity contribution in [1.82, 2.24) is 19.6 Å². The van der Waals surface area contributed by atoms with Crippen molar-refractivity contribution in [2.24, 2.45) is 0 Å². The van der Waals surface area contributed by atoms with Crippen molar-refractivity contribution in [2.45, 2.75) is 32.7 Å². The van der Waals surface area contributed by atoms with Crippen molar-refractivity contribution in [3.63, 3.8) is 0 Å². The Bertz CT molecular complexity index is 996. The van der Waals surface area contributed by atoms with E-state index in [4.69, 9.17) is 9.52 Å². The van der Waals surface area contributed by atoms with E-state index in [1.165, 1.54) is 11.3 Å². The van der Waals surface area contributed by atoms with Crippen LogP contribution in [-0.4, -0.2) is 51.7 Å². The van der Waals surface area contributed by atoms with Gasteiger partial charge in [0.15, 0.2) is 5.69 Å². The highest BCUT2D eigenvalue weighted by Gasteiger charge is 2.31. The van der Waals surface area contributed by atoms with Crippen LogP contribution in [0.25, 0.3) is 5.69 Å². The van der Waals surface area contributed by atoms with Gasteiger partial charge in [-0.25, -0.2) is 4.68 Å². The standard InChI is InChI=1S/C23H26N4O2/c1-17-7-9-18(10-8-17)27-21-6-2-5-20(21)22(24-27)23(28)26-13-11-25(12-14-26)16-19-4-3-15-29-19/h3-4,7-10,15H,2,5-6,11-14,16H2,1H3. The molecule has 6 heteroatoms. The number of hydrogen-bond donors (Lipinski definition) is 0. The first-order chi connectivity index (χ1) is 14.2. The average Bonchev–Trinajstić information content (AvgIpc) is 3.47. The summed E-state index contributed by atoms with van der Waals surface area (Å²) in [5.41, 5.74) is 5.26. The minimum absolute atomic E-state index is 0.0756. The van der Waals surface area contributed by atoms with E-state index in [9.17, 15) is 4.79 Å². The zero-order chi connectivity index (χ0) is 19.8. The summed E-state index contributed by atoms with van der Waals surface area (Å²) < 4.78 is 7.44. The molecule has 0 radical (unpaired) electrons. The molecule has 29 heavy (non-hydrogen) atoms. The number of benzene rings is 1. The second kappa shape index (κ2) is 7.52. The molecule has 0 saturated carbocycles. The number of aryl methyl sites for hydroxylation is 1. The van der Waals surface area contributed by atoms with Crippen molar-refractivity contribution in [3.05, 3.63) is 70.9 Å². The summed E-state index contributed by atoms with van der Waals surface area (Å²) >= 11 is 0. The van der Waals surface area contributed by atoms with Gasteiger partial charge in [-0.15, -0.1) is 0 Å². The fourth-order valence-corrected chi connectivity index (χ4v) is 4.39. The number of piperazine rings is 1. The molecule has 150 valence electrons. The van der Waals surface area contributed by atoms with E-state index in [2.05, 4.69) is 36.1 Å². The van der Waals surface area contributed by atoms with E-state index in [-0.39, 0.29) is 5.91 Å². The summed E-state index contributed by atoms with van der Waals surface area (Å²) in [4.78, 5) is 17.6. The molecule has 3 aromatic rings. The topological polar surface area (TPSA) is 54.5 Å². The van der Waals surface area contributed by atoms with Crippen molar-refractivity contribution >= 4 is 5.91 Å². The van der Waals surface area contributed by atoms with Gasteiger partial charge in [-0.1, -0.05) is 17.7 Å². The predicted molar refractivity (Wildman–Crippen MR) is 110 cm³/mol. The van der Waals surface area contributed by atoms with Crippen LogP contribution in [0.5, 0.6) is 0 Å². The number of furan rings is 1. The van der Waals surface area contributed by atoms with Gasteiger partial charge < -0.3 is 9.32 Å². The van der Waals surface area contributed by atoms with E-state index in [1.807, 2.05) is 21.7 Å². The van der Waals surface area contributed by atoms with Crippen LogP contribution in [-0.2, 0) is 19.4 Å². The zero-order valence-electron chi connectivity index (χ0n) is 16.8. The van der Waals surface area contributed by atoms with E-state index < -0.39 is 0 Å². The molecule has 2 aromatic heterocycles. The molecule has 5 rings (SSSR count). The van der Waals surface area contributed by atoms with Crippen molar-refractivity contribution in [1.29, 1.82) is 0 Å². The van der Waals surface area contributed by atoms with Gasteiger partial charge in [-0.3, -0.25) is 9.69 Å². The number of amides is 1. The third-order valence-electron chi connectivity index (χ3n) is 6.03. The first-order valence-corrected chi connectivity index (χ1v) is 10.4. The lowest BCUT2D eigenvalue weighted by Gasteiger charge is -2.34. The normalized spacial score (nSPS) is 16.9. The Morgan fingerprint density at radius 1 is 1.07 bits per heavy atom. The zero-order valence-corrected chi connectivity index (χ0v) is 16.8. The fraction of sp³-hybridized carbons (Fsp3) is 0.391. The second-order valence-electron chi connectivity index (χ2n) is 8.02. The maximum atomic E-state index is 13.3. The summed E-state index contributed by atoms with van der Waals surface area (Å²) in [5.74, 6) is 1.05. The lowest BCUT2D eigenvalue weighted by molar-refractivity contribution is 0.0613. The number of aromatic nitrogens is 2. The summed E-state index contributed by atoms with van der Waals surface area (Å²) in [6.45, 7) is 6.04. The number of carbonyl (C=O) groups is 1. The maximum Gasteiger partial charge on any atom is 0.274 e. The summed E-state index contributed by atoms with van der Waals surface area (Å²) in [6.07, 6.45) is 4.73. The Hall–Kier alpha value is -2.86. The van der Waals surface area contributed by atoms with Gasteiger partial charge in [0.25, 0.3) is 5.91 Å². The van der Waals surface area contributed by atoms with Crippen LogP contribution < -0.4 is 0 Å². The highest BCUT2D eigenvalue weighted by Crippen LogP contribution is 2.29. The van der Waals surface area contributed by atoms with Crippen LogP contribution in [0.15, 0.2) is 47.1 Å². The molecule has 1 amide bonds. The molecule has 0 N–H and O–H groups in total. The molecule has 0 unspecified atom stereocenters. The number of fused-ring (bicyclic) bond motifs is 1. The number of rotatable bonds is 4. The molecule has 0 bridgehead atoms. The monoisotopic (exact) mass is 390 g/mol. The second-order valence-corrected chi connectivity index (χ2v) is 8.02. The Morgan fingerprint density at radius 3 is 2.59 bits per heavy atom. The highest BCUT2D eigenvalue weighted by atomic mass is 16.3. The molecular weight excluding hydrogens is 364 g/mol. The molecule has 0 spiro atoms. The van der Waals surface area contributed by atoms with Crippen molar-refractivity contribution in [3.8, 4) is 5.69 Å². The van der Waals surface area contributed by atoms with Crippen LogP contribution in [0.4, 0.5) is 0 Å². The summed E-state index contributed by atoms with van der Waals surface area (Å²) in [6, 6.07) is 12.3. The predicted octanol–water partition coefficient (Wildman–Crippen LogP) is 3.22. The molecular formula is C23H26N4O2. The minimum atomic E-state index is 0.0756. The van der Waals surface area contributed by atoms with Crippen LogP contribution in [0.1, 0.15) is 39.5 Å². The highest BCUT2D eigenvalue weighted by molar-refractivity contribution is 5.94. The first kappa shape index (κ1) is 18.2. The van der Waals surface area contributed by atoms with E-state index in [1.54, 1.807) is 6.26 Å². The maximum absolute atomic E-state index is 13.3. The van der Waals surface area contributed by atoms with Crippen molar-refractivity contribution < 1.29 is 9.21 Å². The first-order valence-electron chi connectivity index (χ1n) is 10.4. The number of carbonyl (C=O) groups excluding carboxylic acids is 1. The quantitative estimate of drug-likeness (QED) is 0.686. The van der Waals surface area contributed by atoms with Crippen molar-refractivity contribution in [2.75, 3.05) is 26.2 Å². The smallest absolute Gasteiger partial charge is 0.274 e. The SMILES string of the molecule is Cc1ccc(-n2nc(C(=O)N3CCN(Cc4ccco4)CC3)c3c2CCC3)cc1. The van der Waals surface area contributed by atoms with Gasteiger partial charge in [-0.05, 0) is 50.5 Å². The molecule has 3 heterocycles.